The number of rotatable bonds is 5. The molecule has 27 heavy (non-hydrogen) atoms. The summed E-state index contributed by atoms with van der Waals surface area (Å²) in [5, 5.41) is 11.8. The lowest BCUT2D eigenvalue weighted by Crippen LogP contribution is -2.51. The lowest BCUT2D eigenvalue weighted by atomic mass is 10.0. The number of nitriles is 1. The Balaban J connectivity index is 1.69. The first-order valence-electron chi connectivity index (χ1n) is 8.49. The normalized spacial score (nSPS) is 19.0. The number of benzene rings is 2. The SMILES string of the molecule is COc1cc(C(=O)N[C@@H]2CCOC[C@H]2Oc2ccc(C#N)cc2)ccc1F. The van der Waals surface area contributed by atoms with Gasteiger partial charge in [-0.25, -0.2) is 4.39 Å². The van der Waals surface area contributed by atoms with E-state index in [1.807, 2.05) is 6.07 Å². The van der Waals surface area contributed by atoms with E-state index in [0.717, 1.165) is 0 Å². The van der Waals surface area contributed by atoms with Crippen LogP contribution in [0.2, 0.25) is 0 Å². The van der Waals surface area contributed by atoms with Crippen LogP contribution in [0.25, 0.3) is 0 Å². The second-order valence-electron chi connectivity index (χ2n) is 6.09. The van der Waals surface area contributed by atoms with E-state index in [1.165, 1.54) is 25.3 Å². The first-order chi connectivity index (χ1) is 13.1. The molecule has 1 N–H and O–H groups in total. The lowest BCUT2D eigenvalue weighted by Gasteiger charge is -2.32. The van der Waals surface area contributed by atoms with Crippen molar-refractivity contribution in [2.75, 3.05) is 20.3 Å². The maximum atomic E-state index is 13.5. The molecule has 1 amide bonds. The molecule has 7 heteroatoms. The van der Waals surface area contributed by atoms with E-state index >= 15 is 0 Å². The molecule has 2 aromatic carbocycles. The summed E-state index contributed by atoms with van der Waals surface area (Å²) in [4.78, 5) is 12.6. The van der Waals surface area contributed by atoms with Gasteiger partial charge in [0.15, 0.2) is 11.6 Å². The van der Waals surface area contributed by atoms with Gasteiger partial charge >= 0.3 is 0 Å². The van der Waals surface area contributed by atoms with E-state index < -0.39 is 5.82 Å². The fraction of sp³-hybridized carbons (Fsp3) is 0.300. The molecule has 1 aliphatic rings. The predicted octanol–water partition coefficient (Wildman–Crippen LogP) is 2.67. The summed E-state index contributed by atoms with van der Waals surface area (Å²) in [6.07, 6.45) is 0.211. The highest BCUT2D eigenvalue weighted by atomic mass is 19.1. The molecule has 3 rings (SSSR count). The summed E-state index contributed by atoms with van der Waals surface area (Å²) >= 11 is 0. The third kappa shape index (κ3) is 4.54. The highest BCUT2D eigenvalue weighted by Crippen LogP contribution is 2.21. The molecule has 2 aromatic rings. The lowest BCUT2D eigenvalue weighted by molar-refractivity contribution is -0.0135. The van der Waals surface area contributed by atoms with E-state index in [0.29, 0.717) is 36.5 Å². The molecule has 0 aromatic heterocycles. The number of methoxy groups -OCH3 is 1. The predicted molar refractivity (Wildman–Crippen MR) is 95.2 cm³/mol. The van der Waals surface area contributed by atoms with Gasteiger partial charge < -0.3 is 19.5 Å². The monoisotopic (exact) mass is 370 g/mol. The van der Waals surface area contributed by atoms with Gasteiger partial charge in [-0.3, -0.25) is 4.79 Å². The quantitative estimate of drug-likeness (QED) is 0.875. The van der Waals surface area contributed by atoms with Crippen LogP contribution in [-0.2, 0) is 4.74 Å². The van der Waals surface area contributed by atoms with Crippen molar-refractivity contribution in [2.45, 2.75) is 18.6 Å². The number of nitrogens with zero attached hydrogens (tertiary/aromatic N) is 1. The van der Waals surface area contributed by atoms with E-state index in [2.05, 4.69) is 5.32 Å². The van der Waals surface area contributed by atoms with Crippen LogP contribution >= 0.6 is 0 Å². The molecule has 0 aliphatic carbocycles. The van der Waals surface area contributed by atoms with Gasteiger partial charge in [0, 0.05) is 12.2 Å². The van der Waals surface area contributed by atoms with E-state index in [-0.39, 0.29) is 23.8 Å². The van der Waals surface area contributed by atoms with Crippen molar-refractivity contribution in [1.29, 1.82) is 5.26 Å². The van der Waals surface area contributed by atoms with E-state index in [9.17, 15) is 9.18 Å². The number of ether oxygens (including phenoxy) is 3. The fourth-order valence-electron chi connectivity index (χ4n) is 2.83. The maximum absolute atomic E-state index is 13.5. The molecule has 0 radical (unpaired) electrons. The van der Waals surface area contributed by atoms with Gasteiger partial charge in [0.2, 0.25) is 0 Å². The minimum atomic E-state index is -0.526. The number of halogens is 1. The van der Waals surface area contributed by atoms with Crippen molar-refractivity contribution < 1.29 is 23.4 Å². The molecule has 2 atom stereocenters. The fourth-order valence-corrected chi connectivity index (χ4v) is 2.83. The molecule has 0 spiro atoms. The minimum absolute atomic E-state index is 0.0139. The van der Waals surface area contributed by atoms with E-state index in [4.69, 9.17) is 19.5 Å². The van der Waals surface area contributed by atoms with Crippen LogP contribution in [0.15, 0.2) is 42.5 Å². The second kappa shape index (κ2) is 8.52. The van der Waals surface area contributed by atoms with Crippen LogP contribution in [0.5, 0.6) is 11.5 Å². The zero-order valence-electron chi connectivity index (χ0n) is 14.8. The van der Waals surface area contributed by atoms with Crippen molar-refractivity contribution in [3.05, 3.63) is 59.4 Å². The first-order valence-corrected chi connectivity index (χ1v) is 8.49. The zero-order valence-corrected chi connectivity index (χ0v) is 14.8. The third-order valence-electron chi connectivity index (χ3n) is 4.30. The largest absolute Gasteiger partial charge is 0.494 e. The Morgan fingerprint density at radius 1 is 1.30 bits per heavy atom. The number of carbonyl (C=O) groups is 1. The standard InChI is InChI=1S/C20H19FN2O4/c1-25-18-10-14(4-7-16(18)21)20(24)23-17-8-9-26-12-19(17)27-15-5-2-13(11-22)3-6-15/h2-7,10,17,19H,8-9,12H2,1H3,(H,23,24)/t17-,19-/m1/s1. The van der Waals surface area contributed by atoms with Gasteiger partial charge in [0.05, 0.1) is 31.4 Å². The molecule has 1 saturated heterocycles. The summed E-state index contributed by atoms with van der Waals surface area (Å²) in [6, 6.07) is 12.5. The number of nitrogens with one attached hydrogen (secondary N) is 1. The topological polar surface area (TPSA) is 80.6 Å². The Hall–Kier alpha value is -3.11. The molecule has 6 nitrogen and oxygen atoms in total. The summed E-state index contributed by atoms with van der Waals surface area (Å²) in [6.45, 7) is 0.836. The molecule has 0 bridgehead atoms. The minimum Gasteiger partial charge on any atom is -0.494 e. The zero-order chi connectivity index (χ0) is 19.2. The maximum Gasteiger partial charge on any atom is 0.251 e. The molecule has 0 saturated carbocycles. The van der Waals surface area contributed by atoms with Crippen molar-refractivity contribution in [3.8, 4) is 17.6 Å². The van der Waals surface area contributed by atoms with Crippen molar-refractivity contribution in [3.63, 3.8) is 0 Å². The van der Waals surface area contributed by atoms with Crippen LogP contribution in [0, 0.1) is 17.1 Å². The molecule has 0 unspecified atom stereocenters. The van der Waals surface area contributed by atoms with Gasteiger partial charge in [-0.05, 0) is 48.9 Å². The molecule has 1 fully saturated rings. The van der Waals surface area contributed by atoms with Crippen molar-refractivity contribution in [2.24, 2.45) is 0 Å². The van der Waals surface area contributed by atoms with Gasteiger partial charge in [-0.15, -0.1) is 0 Å². The molecule has 1 heterocycles. The van der Waals surface area contributed by atoms with Crippen LogP contribution in [-0.4, -0.2) is 38.4 Å². The molecular formula is C20H19FN2O4. The molecule has 140 valence electrons. The Kier molecular flexibility index (Phi) is 5.89. The summed E-state index contributed by atoms with van der Waals surface area (Å²) < 4.78 is 29.9. The Labute approximate surface area is 156 Å². The summed E-state index contributed by atoms with van der Waals surface area (Å²) in [5.74, 6) is -0.261. The van der Waals surface area contributed by atoms with Crippen LogP contribution in [0.3, 0.4) is 0 Å². The Morgan fingerprint density at radius 3 is 2.78 bits per heavy atom. The average Bonchev–Trinajstić information content (AvgIpc) is 2.70. The number of hydrogen-bond acceptors (Lipinski definition) is 5. The smallest absolute Gasteiger partial charge is 0.251 e. The van der Waals surface area contributed by atoms with Crippen LogP contribution < -0.4 is 14.8 Å². The van der Waals surface area contributed by atoms with Crippen molar-refractivity contribution in [1.82, 2.24) is 5.32 Å². The molecular weight excluding hydrogens is 351 g/mol. The van der Waals surface area contributed by atoms with Crippen LogP contribution in [0.4, 0.5) is 4.39 Å². The van der Waals surface area contributed by atoms with Gasteiger partial charge in [-0.1, -0.05) is 0 Å². The van der Waals surface area contributed by atoms with Gasteiger partial charge in [0.25, 0.3) is 5.91 Å². The number of carbonyl (C=O) groups excluding carboxylic acids is 1. The van der Waals surface area contributed by atoms with E-state index in [1.54, 1.807) is 24.3 Å². The molecule has 1 aliphatic heterocycles. The highest BCUT2D eigenvalue weighted by Gasteiger charge is 2.29. The summed E-state index contributed by atoms with van der Waals surface area (Å²) in [7, 11) is 1.35. The second-order valence-corrected chi connectivity index (χ2v) is 6.09. The highest BCUT2D eigenvalue weighted by molar-refractivity contribution is 5.94. The number of hydrogen-bond donors (Lipinski definition) is 1. The third-order valence-corrected chi connectivity index (χ3v) is 4.30. The van der Waals surface area contributed by atoms with Gasteiger partial charge in [0.1, 0.15) is 11.9 Å². The average molecular weight is 370 g/mol. The summed E-state index contributed by atoms with van der Waals surface area (Å²) in [5.41, 5.74) is 0.842. The van der Waals surface area contributed by atoms with Crippen molar-refractivity contribution >= 4 is 5.91 Å². The van der Waals surface area contributed by atoms with Crippen LogP contribution in [0.1, 0.15) is 22.3 Å². The Bertz CT molecular complexity index is 848. The number of amides is 1. The van der Waals surface area contributed by atoms with Gasteiger partial charge in [-0.2, -0.15) is 5.26 Å². The first kappa shape index (κ1) is 18.7. The Morgan fingerprint density at radius 2 is 2.07 bits per heavy atom.